The van der Waals surface area contributed by atoms with Gasteiger partial charge in [0.2, 0.25) is 0 Å². The zero-order valence-electron chi connectivity index (χ0n) is 17.4. The van der Waals surface area contributed by atoms with Crippen LogP contribution in [0.25, 0.3) is 0 Å². The van der Waals surface area contributed by atoms with Crippen LogP contribution in [-0.2, 0) is 12.8 Å². The van der Waals surface area contributed by atoms with Gasteiger partial charge in [0.05, 0.1) is 5.71 Å². The smallest absolute Gasteiger partial charge is 0.0577 e. The number of hydrogen-bond acceptors (Lipinski definition) is 2. The van der Waals surface area contributed by atoms with E-state index in [0.717, 1.165) is 31.4 Å². The van der Waals surface area contributed by atoms with Crippen molar-refractivity contribution in [3.05, 3.63) is 70.8 Å². The summed E-state index contributed by atoms with van der Waals surface area (Å²) < 4.78 is 0. The molecule has 2 nitrogen and oxygen atoms in total. The Morgan fingerprint density at radius 2 is 1.11 bits per heavy atom. The molecule has 2 aromatic rings. The fourth-order valence-corrected chi connectivity index (χ4v) is 3.30. The Hall–Kier alpha value is -2.09. The summed E-state index contributed by atoms with van der Waals surface area (Å²) in [6, 6.07) is 17.8. The minimum Gasteiger partial charge on any atom is -0.411 e. The Morgan fingerprint density at radius 1 is 0.741 bits per heavy atom. The van der Waals surface area contributed by atoms with E-state index in [4.69, 9.17) is 0 Å². The Balaban J connectivity index is 1.83. The second-order valence-corrected chi connectivity index (χ2v) is 7.77. The molecule has 2 atom stereocenters. The van der Waals surface area contributed by atoms with Gasteiger partial charge in [-0.3, -0.25) is 0 Å². The molecule has 0 aromatic heterocycles. The van der Waals surface area contributed by atoms with E-state index in [1.807, 2.05) is 0 Å². The van der Waals surface area contributed by atoms with Crippen LogP contribution in [0.5, 0.6) is 0 Å². The van der Waals surface area contributed by atoms with E-state index >= 15 is 0 Å². The molecule has 0 aliphatic rings. The standard InChI is InChI=1S/C25H35NO/c1-5-19(3)23-13-7-21(8-14-23)11-17-25(26-27)18-12-22-9-15-24(16-10-22)20(4)6-2/h7-10,13-16,19-20,27H,5-6,11-12,17-18H2,1-4H3. The van der Waals surface area contributed by atoms with Gasteiger partial charge < -0.3 is 5.21 Å². The lowest BCUT2D eigenvalue weighted by molar-refractivity contribution is 0.316. The molecule has 0 amide bonds. The minimum absolute atomic E-state index is 0.611. The fraction of sp³-hybridized carbons (Fsp3) is 0.480. The second-order valence-electron chi connectivity index (χ2n) is 7.77. The van der Waals surface area contributed by atoms with Gasteiger partial charge in [-0.25, -0.2) is 0 Å². The van der Waals surface area contributed by atoms with E-state index in [-0.39, 0.29) is 0 Å². The van der Waals surface area contributed by atoms with Crippen LogP contribution in [0, 0.1) is 0 Å². The van der Waals surface area contributed by atoms with Crippen LogP contribution >= 0.6 is 0 Å². The molecule has 1 N–H and O–H groups in total. The van der Waals surface area contributed by atoms with E-state index in [1.165, 1.54) is 35.1 Å². The van der Waals surface area contributed by atoms with Crippen molar-refractivity contribution in [1.82, 2.24) is 0 Å². The zero-order chi connectivity index (χ0) is 19.6. The third kappa shape index (κ3) is 6.53. The number of rotatable bonds is 10. The maximum Gasteiger partial charge on any atom is 0.0577 e. The molecule has 2 unspecified atom stereocenters. The summed E-state index contributed by atoms with van der Waals surface area (Å²) in [5, 5.41) is 12.9. The van der Waals surface area contributed by atoms with Crippen molar-refractivity contribution >= 4 is 5.71 Å². The van der Waals surface area contributed by atoms with Crippen molar-refractivity contribution in [2.24, 2.45) is 5.16 Å². The van der Waals surface area contributed by atoms with Crippen LogP contribution in [0.3, 0.4) is 0 Å². The SMILES string of the molecule is CCC(C)c1ccc(CCC(CCc2ccc(C(C)CC)cc2)=NO)cc1. The quantitative estimate of drug-likeness (QED) is 0.271. The summed E-state index contributed by atoms with van der Waals surface area (Å²) in [5.41, 5.74) is 6.30. The lowest BCUT2D eigenvalue weighted by Gasteiger charge is -2.11. The first-order valence-electron chi connectivity index (χ1n) is 10.4. The van der Waals surface area contributed by atoms with E-state index in [1.54, 1.807) is 0 Å². The van der Waals surface area contributed by atoms with Crippen LogP contribution in [-0.4, -0.2) is 10.9 Å². The molecule has 0 saturated heterocycles. The first kappa shape index (κ1) is 21.2. The van der Waals surface area contributed by atoms with E-state index < -0.39 is 0 Å². The summed E-state index contributed by atoms with van der Waals surface area (Å²) in [5.74, 6) is 1.22. The van der Waals surface area contributed by atoms with E-state index in [0.29, 0.717) is 11.8 Å². The molecule has 2 rings (SSSR count). The summed E-state index contributed by atoms with van der Waals surface area (Å²) >= 11 is 0. The van der Waals surface area contributed by atoms with Crippen molar-refractivity contribution in [3.8, 4) is 0 Å². The number of aryl methyl sites for hydroxylation is 2. The molecular formula is C25H35NO. The lowest BCUT2D eigenvalue weighted by Crippen LogP contribution is -2.04. The minimum atomic E-state index is 0.611. The van der Waals surface area contributed by atoms with Crippen molar-refractivity contribution in [1.29, 1.82) is 0 Å². The maximum atomic E-state index is 9.37. The highest BCUT2D eigenvalue weighted by Crippen LogP contribution is 2.21. The summed E-state index contributed by atoms with van der Waals surface area (Å²) in [6.07, 6.45) is 5.80. The van der Waals surface area contributed by atoms with Crippen LogP contribution in [0.15, 0.2) is 53.7 Å². The molecule has 0 bridgehead atoms. The molecule has 2 heteroatoms. The van der Waals surface area contributed by atoms with Crippen LogP contribution in [0.4, 0.5) is 0 Å². The predicted molar refractivity (Wildman–Crippen MR) is 116 cm³/mol. The summed E-state index contributed by atoms with van der Waals surface area (Å²) in [7, 11) is 0. The van der Waals surface area contributed by atoms with Crippen molar-refractivity contribution in [2.45, 2.75) is 78.1 Å². The van der Waals surface area contributed by atoms with E-state index in [2.05, 4.69) is 81.4 Å². The molecular weight excluding hydrogens is 330 g/mol. The number of benzene rings is 2. The molecule has 0 aliphatic carbocycles. The Morgan fingerprint density at radius 3 is 1.41 bits per heavy atom. The summed E-state index contributed by atoms with van der Waals surface area (Å²) in [6.45, 7) is 8.98. The van der Waals surface area contributed by atoms with Gasteiger partial charge in [-0.15, -0.1) is 0 Å². The monoisotopic (exact) mass is 365 g/mol. The van der Waals surface area contributed by atoms with Crippen molar-refractivity contribution in [2.75, 3.05) is 0 Å². The average Bonchev–Trinajstić information content (AvgIpc) is 2.73. The third-order valence-electron chi connectivity index (χ3n) is 5.87. The second kappa shape index (κ2) is 10.9. The average molecular weight is 366 g/mol. The van der Waals surface area contributed by atoms with Crippen molar-refractivity contribution < 1.29 is 5.21 Å². The lowest BCUT2D eigenvalue weighted by atomic mass is 9.95. The van der Waals surface area contributed by atoms with Gasteiger partial charge in [-0.1, -0.05) is 81.4 Å². The largest absolute Gasteiger partial charge is 0.411 e. The van der Waals surface area contributed by atoms with Crippen molar-refractivity contribution in [3.63, 3.8) is 0 Å². The highest BCUT2D eigenvalue weighted by molar-refractivity contribution is 5.84. The third-order valence-corrected chi connectivity index (χ3v) is 5.87. The molecule has 146 valence electrons. The zero-order valence-corrected chi connectivity index (χ0v) is 17.4. The van der Waals surface area contributed by atoms with Gasteiger partial charge in [0, 0.05) is 0 Å². The molecule has 0 aliphatic heterocycles. The Labute approximate surface area is 165 Å². The molecule has 27 heavy (non-hydrogen) atoms. The normalized spacial score (nSPS) is 13.2. The topological polar surface area (TPSA) is 32.6 Å². The fourth-order valence-electron chi connectivity index (χ4n) is 3.30. The molecule has 0 spiro atoms. The number of hydrogen-bond donors (Lipinski definition) is 1. The van der Waals surface area contributed by atoms with Crippen LogP contribution in [0.1, 0.15) is 87.5 Å². The molecule has 0 saturated carbocycles. The maximum absolute atomic E-state index is 9.37. The van der Waals surface area contributed by atoms with E-state index in [9.17, 15) is 5.21 Å². The first-order valence-corrected chi connectivity index (χ1v) is 10.4. The first-order chi connectivity index (χ1) is 13.1. The molecule has 2 aromatic carbocycles. The van der Waals surface area contributed by atoms with Gasteiger partial charge in [-0.05, 0) is 72.6 Å². The van der Waals surface area contributed by atoms with Gasteiger partial charge in [0.25, 0.3) is 0 Å². The Kier molecular flexibility index (Phi) is 8.57. The van der Waals surface area contributed by atoms with Gasteiger partial charge in [-0.2, -0.15) is 0 Å². The van der Waals surface area contributed by atoms with Gasteiger partial charge in [0.15, 0.2) is 0 Å². The molecule has 0 fully saturated rings. The van der Waals surface area contributed by atoms with Crippen LogP contribution in [0.2, 0.25) is 0 Å². The predicted octanol–water partition coefficient (Wildman–Crippen LogP) is 7.11. The summed E-state index contributed by atoms with van der Waals surface area (Å²) in [4.78, 5) is 0. The molecule has 0 heterocycles. The van der Waals surface area contributed by atoms with Gasteiger partial charge >= 0.3 is 0 Å². The Bertz CT molecular complexity index is 641. The van der Waals surface area contributed by atoms with Gasteiger partial charge in [0.1, 0.15) is 0 Å². The highest BCUT2D eigenvalue weighted by atomic mass is 16.4. The number of oxime groups is 1. The van der Waals surface area contributed by atoms with Crippen LogP contribution < -0.4 is 0 Å². The molecule has 0 radical (unpaired) electrons. The highest BCUT2D eigenvalue weighted by Gasteiger charge is 2.07. The number of nitrogens with zero attached hydrogens (tertiary/aromatic N) is 1.